The van der Waals surface area contributed by atoms with Crippen molar-refractivity contribution < 1.29 is 9.53 Å². The molecule has 0 bridgehead atoms. The fraction of sp³-hybridized carbons (Fsp3) is 0.438. The summed E-state index contributed by atoms with van der Waals surface area (Å²) in [6.07, 6.45) is 5.29. The number of halogens is 1. The molecular formula is C16H18ClNO2. The number of rotatable bonds is 1. The molecule has 1 saturated heterocycles. The van der Waals surface area contributed by atoms with E-state index in [9.17, 15) is 4.79 Å². The normalized spacial score (nSPS) is 21.8. The smallest absolute Gasteiger partial charge is 0.253 e. The lowest BCUT2D eigenvalue weighted by Gasteiger charge is -2.34. The van der Waals surface area contributed by atoms with Gasteiger partial charge in [-0.2, -0.15) is 0 Å². The van der Waals surface area contributed by atoms with Crippen LogP contribution in [0, 0.1) is 0 Å². The van der Waals surface area contributed by atoms with Gasteiger partial charge in [0, 0.05) is 23.2 Å². The number of carbonyl (C=O) groups is 1. The van der Waals surface area contributed by atoms with Crippen molar-refractivity contribution in [1.82, 2.24) is 4.90 Å². The standard InChI is InChI=1S/C16H18ClNO2/c1-11-4-2-3-7-18(11)16(19)13-8-12-9-14(17)5-6-15(12)20-10-13/h5-6,8-9,11H,2-4,7,10H2,1H3. The van der Waals surface area contributed by atoms with E-state index in [1.807, 2.05) is 23.1 Å². The third-order valence-electron chi connectivity index (χ3n) is 4.02. The molecule has 0 saturated carbocycles. The maximum Gasteiger partial charge on any atom is 0.253 e. The van der Waals surface area contributed by atoms with Crippen molar-refractivity contribution in [2.75, 3.05) is 13.2 Å². The highest BCUT2D eigenvalue weighted by Crippen LogP contribution is 2.30. The first-order valence-corrected chi connectivity index (χ1v) is 7.47. The summed E-state index contributed by atoms with van der Waals surface area (Å²) in [6.45, 7) is 3.31. The number of fused-ring (bicyclic) bond motifs is 1. The van der Waals surface area contributed by atoms with Crippen LogP contribution >= 0.6 is 11.6 Å². The first kappa shape index (κ1) is 13.5. The Hall–Kier alpha value is -1.48. The molecule has 0 aromatic heterocycles. The van der Waals surface area contributed by atoms with E-state index in [1.54, 1.807) is 6.07 Å². The van der Waals surface area contributed by atoms with Gasteiger partial charge in [-0.05, 0) is 50.5 Å². The minimum absolute atomic E-state index is 0.0998. The van der Waals surface area contributed by atoms with Crippen molar-refractivity contribution in [3.8, 4) is 5.75 Å². The van der Waals surface area contributed by atoms with Crippen molar-refractivity contribution in [3.63, 3.8) is 0 Å². The summed E-state index contributed by atoms with van der Waals surface area (Å²) in [5.74, 6) is 0.889. The van der Waals surface area contributed by atoms with Gasteiger partial charge in [0.25, 0.3) is 5.91 Å². The van der Waals surface area contributed by atoms with Gasteiger partial charge < -0.3 is 9.64 Å². The Morgan fingerprint density at radius 1 is 1.40 bits per heavy atom. The largest absolute Gasteiger partial charge is 0.488 e. The lowest BCUT2D eigenvalue weighted by atomic mass is 10.0. The van der Waals surface area contributed by atoms with Crippen LogP contribution in [0.5, 0.6) is 5.75 Å². The minimum atomic E-state index is 0.0998. The van der Waals surface area contributed by atoms with Gasteiger partial charge in [0.05, 0.1) is 5.57 Å². The quantitative estimate of drug-likeness (QED) is 0.792. The van der Waals surface area contributed by atoms with Crippen molar-refractivity contribution in [1.29, 1.82) is 0 Å². The monoisotopic (exact) mass is 291 g/mol. The molecule has 4 heteroatoms. The average Bonchev–Trinajstić information content (AvgIpc) is 2.46. The molecule has 2 aliphatic rings. The second-order valence-corrected chi connectivity index (χ2v) is 5.92. The highest BCUT2D eigenvalue weighted by molar-refractivity contribution is 6.30. The van der Waals surface area contributed by atoms with E-state index in [0.29, 0.717) is 23.2 Å². The summed E-state index contributed by atoms with van der Waals surface area (Å²) in [5.41, 5.74) is 1.60. The molecule has 2 aliphatic heterocycles. The number of carbonyl (C=O) groups excluding carboxylic acids is 1. The molecule has 20 heavy (non-hydrogen) atoms. The minimum Gasteiger partial charge on any atom is -0.488 e. The van der Waals surface area contributed by atoms with Crippen molar-refractivity contribution in [2.45, 2.75) is 32.2 Å². The second-order valence-electron chi connectivity index (χ2n) is 5.48. The number of amides is 1. The molecule has 0 spiro atoms. The number of hydrogen-bond acceptors (Lipinski definition) is 2. The van der Waals surface area contributed by atoms with Crippen LogP contribution in [-0.2, 0) is 4.79 Å². The molecule has 3 nitrogen and oxygen atoms in total. The van der Waals surface area contributed by atoms with Crippen molar-refractivity contribution in [3.05, 3.63) is 34.4 Å². The van der Waals surface area contributed by atoms with Gasteiger partial charge in [0.1, 0.15) is 12.4 Å². The fourth-order valence-electron chi connectivity index (χ4n) is 2.86. The lowest BCUT2D eigenvalue weighted by Crippen LogP contribution is -2.43. The summed E-state index contributed by atoms with van der Waals surface area (Å²) in [5, 5.41) is 0.656. The Morgan fingerprint density at radius 2 is 2.25 bits per heavy atom. The second kappa shape index (κ2) is 5.49. The van der Waals surface area contributed by atoms with Crippen molar-refractivity contribution >= 4 is 23.6 Å². The summed E-state index contributed by atoms with van der Waals surface area (Å²) in [6, 6.07) is 5.80. The van der Waals surface area contributed by atoms with Gasteiger partial charge in [0.15, 0.2) is 0 Å². The molecule has 0 radical (unpaired) electrons. The molecule has 0 N–H and O–H groups in total. The molecule has 1 aromatic rings. The van der Waals surface area contributed by atoms with E-state index in [-0.39, 0.29) is 5.91 Å². The Kier molecular flexibility index (Phi) is 3.70. The number of benzene rings is 1. The van der Waals surface area contributed by atoms with Crippen LogP contribution in [0.1, 0.15) is 31.7 Å². The number of hydrogen-bond donors (Lipinski definition) is 0. The zero-order valence-corrected chi connectivity index (χ0v) is 12.3. The number of ether oxygens (including phenoxy) is 1. The molecule has 1 atom stereocenters. The van der Waals surface area contributed by atoms with Gasteiger partial charge in [-0.3, -0.25) is 4.79 Å². The molecule has 1 fully saturated rings. The van der Waals surface area contributed by atoms with E-state index in [2.05, 4.69) is 6.92 Å². The molecule has 106 valence electrons. The van der Waals surface area contributed by atoms with Crippen LogP contribution in [0.15, 0.2) is 23.8 Å². The summed E-state index contributed by atoms with van der Waals surface area (Å²) in [4.78, 5) is 14.6. The van der Waals surface area contributed by atoms with Crippen LogP contribution in [0.25, 0.3) is 6.08 Å². The van der Waals surface area contributed by atoms with E-state index in [1.165, 1.54) is 6.42 Å². The lowest BCUT2D eigenvalue weighted by molar-refractivity contribution is -0.130. The van der Waals surface area contributed by atoms with Gasteiger partial charge in [0.2, 0.25) is 0 Å². The van der Waals surface area contributed by atoms with E-state index in [0.717, 1.165) is 30.7 Å². The molecular weight excluding hydrogens is 274 g/mol. The summed E-state index contributed by atoms with van der Waals surface area (Å²) >= 11 is 6.00. The Labute approximate surface area is 124 Å². The third kappa shape index (κ3) is 2.55. The number of piperidine rings is 1. The first-order valence-electron chi connectivity index (χ1n) is 7.09. The van der Waals surface area contributed by atoms with E-state index >= 15 is 0 Å². The van der Waals surface area contributed by atoms with Crippen LogP contribution in [0.2, 0.25) is 5.02 Å². The van der Waals surface area contributed by atoms with E-state index < -0.39 is 0 Å². The van der Waals surface area contributed by atoms with Gasteiger partial charge in [-0.15, -0.1) is 0 Å². The molecule has 3 rings (SSSR count). The molecule has 1 amide bonds. The molecule has 0 aliphatic carbocycles. The Morgan fingerprint density at radius 3 is 3.05 bits per heavy atom. The number of likely N-dealkylation sites (tertiary alicyclic amines) is 1. The van der Waals surface area contributed by atoms with Crippen LogP contribution in [0.4, 0.5) is 0 Å². The van der Waals surface area contributed by atoms with Gasteiger partial charge in [-0.25, -0.2) is 0 Å². The topological polar surface area (TPSA) is 29.5 Å². The highest BCUT2D eigenvalue weighted by atomic mass is 35.5. The SMILES string of the molecule is CC1CCCCN1C(=O)C1=Cc2cc(Cl)ccc2OC1. The predicted molar refractivity (Wildman–Crippen MR) is 80.0 cm³/mol. The maximum atomic E-state index is 12.6. The Balaban J connectivity index is 1.85. The molecule has 2 heterocycles. The summed E-state index contributed by atoms with van der Waals surface area (Å²) in [7, 11) is 0. The van der Waals surface area contributed by atoms with Crippen LogP contribution < -0.4 is 4.74 Å². The molecule has 1 unspecified atom stereocenters. The summed E-state index contributed by atoms with van der Waals surface area (Å²) < 4.78 is 5.66. The van der Waals surface area contributed by atoms with Crippen LogP contribution in [-0.4, -0.2) is 30.0 Å². The van der Waals surface area contributed by atoms with Gasteiger partial charge in [-0.1, -0.05) is 11.6 Å². The fourth-order valence-corrected chi connectivity index (χ4v) is 3.04. The first-order chi connectivity index (χ1) is 9.65. The zero-order valence-electron chi connectivity index (χ0n) is 11.6. The third-order valence-corrected chi connectivity index (χ3v) is 4.26. The average molecular weight is 292 g/mol. The van der Waals surface area contributed by atoms with Crippen LogP contribution in [0.3, 0.4) is 0 Å². The van der Waals surface area contributed by atoms with E-state index in [4.69, 9.17) is 16.3 Å². The maximum absolute atomic E-state index is 12.6. The van der Waals surface area contributed by atoms with Crippen molar-refractivity contribution in [2.24, 2.45) is 0 Å². The highest BCUT2D eigenvalue weighted by Gasteiger charge is 2.27. The zero-order chi connectivity index (χ0) is 14.1. The predicted octanol–water partition coefficient (Wildman–Crippen LogP) is 3.52. The van der Waals surface area contributed by atoms with Gasteiger partial charge >= 0.3 is 0 Å². The number of nitrogens with zero attached hydrogens (tertiary/aromatic N) is 1. The molecule has 1 aromatic carbocycles. The Bertz CT molecular complexity index is 568.